The van der Waals surface area contributed by atoms with Crippen LogP contribution in [0.1, 0.15) is 22.8 Å². The largest absolute Gasteiger partial charge is 0.459 e. The van der Waals surface area contributed by atoms with Gasteiger partial charge in [-0.3, -0.25) is 0 Å². The molecule has 108 valence electrons. The Kier molecular flexibility index (Phi) is 6.05. The fourth-order valence-corrected chi connectivity index (χ4v) is 1.72. The Bertz CT molecular complexity index is 552. The third-order valence-corrected chi connectivity index (χ3v) is 3.11. The number of hydrogen-bond donors (Lipinski definition) is 0. The van der Waals surface area contributed by atoms with Crippen molar-refractivity contribution in [1.82, 2.24) is 0 Å². The maximum atomic E-state index is 11.8. The molecule has 0 unspecified atom stereocenters. The van der Waals surface area contributed by atoms with Crippen molar-refractivity contribution in [2.75, 3.05) is 13.2 Å². The molecule has 0 amide bonds. The average molecular weight is 317 g/mol. The standard InChI is InChI=1S/C14H14Cl2O4/c1-8(2)13(17)19-4-5-20-14(18)10-7-12(16)11(15)6-9(10)3/h6-7H,1,4-5H2,2-3H3. The van der Waals surface area contributed by atoms with Crippen molar-refractivity contribution in [3.8, 4) is 0 Å². The van der Waals surface area contributed by atoms with Gasteiger partial charge in [0.1, 0.15) is 13.2 Å². The molecular formula is C14H14Cl2O4. The number of rotatable bonds is 5. The van der Waals surface area contributed by atoms with Crippen LogP contribution in [0.3, 0.4) is 0 Å². The minimum Gasteiger partial charge on any atom is -0.459 e. The summed E-state index contributed by atoms with van der Waals surface area (Å²) in [5.74, 6) is -1.07. The maximum absolute atomic E-state index is 11.8. The van der Waals surface area contributed by atoms with Crippen LogP contribution in [-0.4, -0.2) is 25.2 Å². The highest BCUT2D eigenvalue weighted by atomic mass is 35.5. The van der Waals surface area contributed by atoms with E-state index in [-0.39, 0.29) is 23.8 Å². The molecule has 4 nitrogen and oxygen atoms in total. The molecule has 1 aromatic rings. The number of carbonyl (C=O) groups is 2. The lowest BCUT2D eigenvalue weighted by Gasteiger charge is -2.09. The van der Waals surface area contributed by atoms with Crippen LogP contribution in [0, 0.1) is 6.92 Å². The second-order valence-corrected chi connectivity index (χ2v) is 4.95. The fraction of sp³-hybridized carbons (Fsp3) is 0.286. The highest BCUT2D eigenvalue weighted by Crippen LogP contribution is 2.25. The van der Waals surface area contributed by atoms with Crippen molar-refractivity contribution >= 4 is 35.1 Å². The Hall–Kier alpha value is -1.52. The Morgan fingerprint density at radius 2 is 1.70 bits per heavy atom. The van der Waals surface area contributed by atoms with Gasteiger partial charge in [0.05, 0.1) is 15.6 Å². The first-order valence-corrected chi connectivity index (χ1v) is 6.54. The van der Waals surface area contributed by atoms with Gasteiger partial charge in [-0.1, -0.05) is 29.8 Å². The van der Waals surface area contributed by atoms with Gasteiger partial charge in [-0.15, -0.1) is 0 Å². The smallest absolute Gasteiger partial charge is 0.338 e. The van der Waals surface area contributed by atoms with E-state index >= 15 is 0 Å². The molecule has 0 saturated heterocycles. The lowest BCUT2D eigenvalue weighted by Crippen LogP contribution is -2.15. The van der Waals surface area contributed by atoms with Gasteiger partial charge in [0, 0.05) is 5.57 Å². The molecule has 0 bridgehead atoms. The number of ether oxygens (including phenoxy) is 2. The van der Waals surface area contributed by atoms with Gasteiger partial charge in [0.2, 0.25) is 0 Å². The molecule has 0 radical (unpaired) electrons. The van der Waals surface area contributed by atoms with Crippen molar-refractivity contribution in [3.05, 3.63) is 45.5 Å². The summed E-state index contributed by atoms with van der Waals surface area (Å²) in [4.78, 5) is 22.9. The molecule has 0 atom stereocenters. The van der Waals surface area contributed by atoms with Crippen molar-refractivity contribution < 1.29 is 19.1 Å². The monoisotopic (exact) mass is 316 g/mol. The van der Waals surface area contributed by atoms with Gasteiger partial charge in [-0.25, -0.2) is 9.59 Å². The van der Waals surface area contributed by atoms with Gasteiger partial charge in [-0.05, 0) is 31.5 Å². The highest BCUT2D eigenvalue weighted by Gasteiger charge is 2.13. The Balaban J connectivity index is 2.54. The van der Waals surface area contributed by atoms with Crippen LogP contribution in [0.2, 0.25) is 10.0 Å². The Morgan fingerprint density at radius 1 is 1.15 bits per heavy atom. The second-order valence-electron chi connectivity index (χ2n) is 4.13. The summed E-state index contributed by atoms with van der Waals surface area (Å²) < 4.78 is 9.79. The number of carbonyl (C=O) groups excluding carboxylic acids is 2. The summed E-state index contributed by atoms with van der Waals surface area (Å²) >= 11 is 11.7. The molecule has 0 saturated carbocycles. The van der Waals surface area contributed by atoms with E-state index in [9.17, 15) is 9.59 Å². The third kappa shape index (κ3) is 4.54. The predicted octanol–water partition coefficient (Wildman–Crippen LogP) is 3.58. The first kappa shape index (κ1) is 16.5. The minimum atomic E-state index is -0.549. The third-order valence-electron chi connectivity index (χ3n) is 2.39. The van der Waals surface area contributed by atoms with E-state index in [0.29, 0.717) is 16.1 Å². The van der Waals surface area contributed by atoms with Crippen LogP contribution in [0.25, 0.3) is 0 Å². The van der Waals surface area contributed by atoms with Crippen LogP contribution in [0.15, 0.2) is 24.3 Å². The SMILES string of the molecule is C=C(C)C(=O)OCCOC(=O)c1cc(Cl)c(Cl)cc1C. The number of benzene rings is 1. The van der Waals surface area contributed by atoms with Crippen LogP contribution < -0.4 is 0 Å². The van der Waals surface area contributed by atoms with E-state index in [1.807, 2.05) is 0 Å². The molecule has 0 N–H and O–H groups in total. The molecule has 20 heavy (non-hydrogen) atoms. The second kappa shape index (κ2) is 7.31. The van der Waals surface area contributed by atoms with Gasteiger partial charge in [0.25, 0.3) is 0 Å². The molecule has 0 aliphatic carbocycles. The van der Waals surface area contributed by atoms with E-state index in [4.69, 9.17) is 32.7 Å². The zero-order valence-corrected chi connectivity index (χ0v) is 12.7. The van der Waals surface area contributed by atoms with Gasteiger partial charge in [-0.2, -0.15) is 0 Å². The van der Waals surface area contributed by atoms with Crippen molar-refractivity contribution in [2.24, 2.45) is 0 Å². The highest BCUT2D eigenvalue weighted by molar-refractivity contribution is 6.42. The zero-order valence-electron chi connectivity index (χ0n) is 11.2. The Labute approximate surface area is 127 Å². The molecule has 0 aromatic heterocycles. The molecule has 6 heteroatoms. The lowest BCUT2D eigenvalue weighted by atomic mass is 10.1. The lowest BCUT2D eigenvalue weighted by molar-refractivity contribution is -0.140. The number of aryl methyl sites for hydroxylation is 1. The molecule has 0 fully saturated rings. The van der Waals surface area contributed by atoms with E-state index in [0.717, 1.165) is 0 Å². The van der Waals surface area contributed by atoms with Gasteiger partial charge >= 0.3 is 11.9 Å². The van der Waals surface area contributed by atoms with Crippen molar-refractivity contribution in [3.63, 3.8) is 0 Å². The summed E-state index contributed by atoms with van der Waals surface area (Å²) in [5, 5.41) is 0.647. The fourth-order valence-electron chi connectivity index (χ4n) is 1.34. The number of hydrogen-bond acceptors (Lipinski definition) is 4. The first-order chi connectivity index (χ1) is 9.32. The quantitative estimate of drug-likeness (QED) is 0.473. The van der Waals surface area contributed by atoms with Gasteiger partial charge in [0.15, 0.2) is 0 Å². The van der Waals surface area contributed by atoms with E-state index in [2.05, 4.69) is 6.58 Å². The average Bonchev–Trinajstić information content (AvgIpc) is 2.38. The Morgan fingerprint density at radius 3 is 2.30 bits per heavy atom. The molecule has 1 rings (SSSR count). The van der Waals surface area contributed by atoms with Crippen molar-refractivity contribution in [1.29, 1.82) is 0 Å². The van der Waals surface area contributed by atoms with Crippen LogP contribution in [0.4, 0.5) is 0 Å². The summed E-state index contributed by atoms with van der Waals surface area (Å²) in [7, 11) is 0. The maximum Gasteiger partial charge on any atom is 0.338 e. The summed E-state index contributed by atoms with van der Waals surface area (Å²) in [6.45, 7) is 6.62. The van der Waals surface area contributed by atoms with E-state index in [1.54, 1.807) is 13.0 Å². The summed E-state index contributed by atoms with van der Waals surface area (Å²) in [5.41, 5.74) is 1.27. The molecular weight excluding hydrogens is 303 g/mol. The molecule has 0 aliphatic rings. The topological polar surface area (TPSA) is 52.6 Å². The summed E-state index contributed by atoms with van der Waals surface area (Å²) in [6.07, 6.45) is 0. The number of esters is 2. The van der Waals surface area contributed by atoms with Crippen LogP contribution in [-0.2, 0) is 14.3 Å². The molecule has 0 aliphatic heterocycles. The van der Waals surface area contributed by atoms with E-state index in [1.165, 1.54) is 13.0 Å². The zero-order chi connectivity index (χ0) is 15.3. The molecule has 0 heterocycles. The number of halogens is 2. The van der Waals surface area contributed by atoms with E-state index < -0.39 is 11.9 Å². The molecule has 1 aromatic carbocycles. The normalized spacial score (nSPS) is 10.0. The van der Waals surface area contributed by atoms with Crippen LogP contribution >= 0.6 is 23.2 Å². The van der Waals surface area contributed by atoms with Crippen molar-refractivity contribution in [2.45, 2.75) is 13.8 Å². The molecule has 0 spiro atoms. The van der Waals surface area contributed by atoms with Crippen LogP contribution in [0.5, 0.6) is 0 Å². The first-order valence-electron chi connectivity index (χ1n) is 5.78. The summed E-state index contributed by atoms with van der Waals surface area (Å²) in [6, 6.07) is 3.03. The predicted molar refractivity (Wildman–Crippen MR) is 77.3 cm³/mol. The minimum absolute atomic E-state index is 0.0300. The van der Waals surface area contributed by atoms with Gasteiger partial charge < -0.3 is 9.47 Å².